The van der Waals surface area contributed by atoms with E-state index in [-0.39, 0.29) is 35.3 Å². The second-order valence-corrected chi connectivity index (χ2v) is 36.3. The number of aromatic nitrogens is 2. The van der Waals surface area contributed by atoms with Crippen LogP contribution in [0.1, 0.15) is 161 Å². The highest BCUT2D eigenvalue weighted by atomic mass is 19.1. The first kappa shape index (κ1) is 116. The Labute approximate surface area is 830 Å². The van der Waals surface area contributed by atoms with E-state index in [1.54, 1.807) is 118 Å². The molecule has 0 spiro atoms. The smallest absolute Gasteiger partial charge is 0.326 e. The van der Waals surface area contributed by atoms with E-state index in [9.17, 15) is 125 Å². The van der Waals surface area contributed by atoms with E-state index in [1.807, 2.05) is 0 Å². The van der Waals surface area contributed by atoms with Gasteiger partial charge in [0, 0.05) is 136 Å². The molecular formula is C97H122F4N18O26. The number of nitrogens with zero attached hydrogens (tertiary/aromatic N) is 5. The number of aliphatic hydroxyl groups is 2. The summed E-state index contributed by atoms with van der Waals surface area (Å²) < 4.78 is 69.9. The van der Waals surface area contributed by atoms with Gasteiger partial charge >= 0.3 is 17.9 Å². The predicted octanol–water partition coefficient (Wildman–Crippen LogP) is 0.517. The van der Waals surface area contributed by atoms with E-state index in [0.717, 1.165) is 61.0 Å². The van der Waals surface area contributed by atoms with Crippen LogP contribution in [0, 0.1) is 34.1 Å². The van der Waals surface area contributed by atoms with Crippen LogP contribution in [-0.2, 0) is 114 Å². The second-order valence-electron chi connectivity index (χ2n) is 36.3. The summed E-state index contributed by atoms with van der Waals surface area (Å²) >= 11 is 0. The van der Waals surface area contributed by atoms with Gasteiger partial charge in [-0.15, -0.1) is 0 Å². The molecular weight excluding hydrogens is 1910 g/mol. The highest BCUT2D eigenvalue weighted by molar-refractivity contribution is 6.14. The van der Waals surface area contributed by atoms with E-state index < -0.39 is 349 Å². The Kier molecular flexibility index (Phi) is 44.2. The number of hydrogen-bond acceptors (Lipinski definition) is 23. The van der Waals surface area contributed by atoms with Gasteiger partial charge in [-0.25, -0.2) is 22.4 Å². The molecule has 0 aliphatic carbocycles. The largest absolute Gasteiger partial charge is 0.481 e. The number of benzene rings is 4. The van der Waals surface area contributed by atoms with Crippen LogP contribution in [0.3, 0.4) is 0 Å². The van der Waals surface area contributed by atoms with Crippen molar-refractivity contribution in [3.8, 4) is 22.3 Å². The number of primary amides is 2. The molecule has 0 unspecified atom stereocenters. The zero-order chi connectivity index (χ0) is 107. The van der Waals surface area contributed by atoms with Crippen LogP contribution < -0.4 is 70.0 Å². The second kappa shape index (κ2) is 55.1. The quantitative estimate of drug-likeness (QED) is 0.0141. The molecule has 784 valence electrons. The molecule has 1 aliphatic rings. The Morgan fingerprint density at radius 2 is 0.779 bits per heavy atom. The van der Waals surface area contributed by atoms with Crippen molar-refractivity contribution >= 4 is 118 Å². The number of imide groups is 1. The van der Waals surface area contributed by atoms with Crippen molar-refractivity contribution in [1.82, 2.24) is 82.3 Å². The molecule has 145 heavy (non-hydrogen) atoms. The molecule has 7 rings (SSSR count). The fourth-order valence-electron chi connectivity index (χ4n) is 15.8. The number of nitrogens with one attached hydrogen (secondary N) is 11. The summed E-state index contributed by atoms with van der Waals surface area (Å²) in [5.41, 5.74) is 11.2. The molecule has 48 heteroatoms. The lowest BCUT2D eigenvalue weighted by atomic mass is 9.82. The van der Waals surface area contributed by atoms with Gasteiger partial charge in [0.15, 0.2) is 0 Å². The van der Waals surface area contributed by atoms with Crippen LogP contribution in [0.25, 0.3) is 22.3 Å². The fourth-order valence-corrected chi connectivity index (χ4v) is 15.8. The number of aliphatic carboxylic acids is 3. The van der Waals surface area contributed by atoms with Crippen molar-refractivity contribution in [3.05, 3.63) is 180 Å². The Balaban J connectivity index is 1.02. The summed E-state index contributed by atoms with van der Waals surface area (Å²) in [6.45, 7) is 6.21. The van der Waals surface area contributed by atoms with Crippen molar-refractivity contribution in [2.24, 2.45) is 22.3 Å². The summed E-state index contributed by atoms with van der Waals surface area (Å²) in [7, 11) is 0. The number of hydrogen-bond donors (Lipinski definition) is 18. The molecule has 10 atom stereocenters. The highest BCUT2D eigenvalue weighted by Gasteiger charge is 2.43. The molecule has 44 nitrogen and oxygen atoms in total. The van der Waals surface area contributed by atoms with Crippen LogP contribution in [0.5, 0.6) is 0 Å². The average Bonchev–Trinajstić information content (AvgIpc) is 1.67. The van der Waals surface area contributed by atoms with Crippen molar-refractivity contribution in [3.63, 3.8) is 0 Å². The van der Waals surface area contributed by atoms with Gasteiger partial charge in [-0.2, -0.15) is 0 Å². The SMILES string of the molecule is C[C@H](NC(=O)CCOCCC(=O)N[C@@H](CC(N)=O)C(=O)N[C@@H](CCN(C(=O)CO)[C@@H](c1cc(-c2cc(F)ccc2F)cn1Cc1ccccc1)C(C)(C)C)C(=O)NCCC(=O)N[C@H](CCC(=O)O)C(=O)O)C(=O)N[C@@H](C)C(=O)N[C@@H](CC(N)=O)C(=O)N[C@@H](CCN(C(=O)CO)[C@@H](c1cc(-c2cc(F)ccc2F)cn1Cc1ccccc1)C(C)(C)C)C(=O)NCCNC(=O)[C@@H](CCC(=O)O)NC(=O)CN1C(=O)C=CC1=O. The van der Waals surface area contributed by atoms with Crippen LogP contribution >= 0.6 is 0 Å². The van der Waals surface area contributed by atoms with E-state index in [1.165, 1.54) is 35.1 Å². The number of carboxylic acids is 3. The summed E-state index contributed by atoms with van der Waals surface area (Å²) in [6, 6.07) is 10.4. The molecule has 2 aromatic heterocycles. The van der Waals surface area contributed by atoms with Crippen molar-refractivity contribution in [2.75, 3.05) is 65.7 Å². The highest BCUT2D eigenvalue weighted by Crippen LogP contribution is 2.44. The third-order valence-electron chi connectivity index (χ3n) is 22.8. The number of carbonyl (C=O) groups excluding carboxylic acids is 17. The first-order valence-corrected chi connectivity index (χ1v) is 46.1. The Morgan fingerprint density at radius 3 is 1.19 bits per heavy atom. The lowest BCUT2D eigenvalue weighted by molar-refractivity contribution is -0.143. The molecule has 4 aromatic carbocycles. The normalized spacial score (nSPS) is 13.9. The Bertz CT molecular complexity index is 5710. The molecule has 17 amide bonds. The first-order valence-electron chi connectivity index (χ1n) is 46.1. The minimum atomic E-state index is -1.98. The minimum Gasteiger partial charge on any atom is -0.481 e. The summed E-state index contributed by atoms with van der Waals surface area (Å²) in [5, 5.41) is 75.6. The van der Waals surface area contributed by atoms with Gasteiger partial charge in [-0.3, -0.25) is 96.0 Å². The third-order valence-corrected chi connectivity index (χ3v) is 22.8. The van der Waals surface area contributed by atoms with Gasteiger partial charge in [0.25, 0.3) is 11.8 Å². The zero-order valence-electron chi connectivity index (χ0n) is 81.0. The molecule has 6 aromatic rings. The summed E-state index contributed by atoms with van der Waals surface area (Å²) in [4.78, 5) is 268. The van der Waals surface area contributed by atoms with Gasteiger partial charge in [0.2, 0.25) is 88.6 Å². The van der Waals surface area contributed by atoms with E-state index in [0.29, 0.717) is 21.9 Å². The van der Waals surface area contributed by atoms with E-state index in [4.69, 9.17) is 21.3 Å². The van der Waals surface area contributed by atoms with Gasteiger partial charge in [0.1, 0.15) is 91.4 Å². The van der Waals surface area contributed by atoms with Gasteiger partial charge in [-0.05, 0) is 110 Å². The van der Waals surface area contributed by atoms with Crippen LogP contribution in [0.4, 0.5) is 17.6 Å². The predicted molar refractivity (Wildman–Crippen MR) is 507 cm³/mol. The topological polar surface area (TPSA) is 656 Å². The minimum absolute atomic E-state index is 0.0845. The number of halogens is 4. The zero-order valence-corrected chi connectivity index (χ0v) is 81.0. The maximum Gasteiger partial charge on any atom is 0.326 e. The molecule has 0 saturated carbocycles. The number of aliphatic hydroxyl groups excluding tert-OH is 2. The maximum atomic E-state index is 15.7. The molecule has 0 saturated heterocycles. The standard InChI is InChI=1S/C97H122F4N18O26/c1-54(107-77(125)32-39-145-40-33-78(126)111-70(45-74(102)122)93(141)112-67(91(139)104-34-29-76(124)110-69(95(143)144)24-28-85(134)135)30-37-117(82(130)52-120)86(96(3,4)5)72-41-58(62-43-60(98)19-21-64(62)100)49-115(72)47-56-15-11-9-12-16-56)88(136)108-55(2)89(137)114-71(46-75(103)123)94(142)113-68(92(140)106-36-35-105-90(138)66(23-27-84(132)133)109-79(127)51-119-80(128)25-26-81(119)129)31-38-118(83(131)53-121)87(97(6,7)8)73-42-59(63-44-61(99)20-22-65(63)101)50-116(73)48-57-17-13-10-14-18-57/h9-22,25-26,41-44,49-50,54-55,66-71,86-87,120-121H,23-24,27-40,45-48,51-53H2,1-8H3,(H2,102,122)(H2,103,123)(H,104,139)(H,105,138)(H,106,140)(H,107,125)(H,108,136)(H,109,127)(H,110,124)(H,111,126)(H,112,141)(H,113,142)(H,114,137)(H,132,133)(H,134,135)(H,143,144)/t54-,55-,66+,67-,68-,69+,70-,71-,86-,87-/m0/s1. The number of rotatable bonds is 58. The third kappa shape index (κ3) is 36.7. The lowest BCUT2D eigenvalue weighted by Gasteiger charge is -2.41. The maximum absolute atomic E-state index is 15.7. The molecule has 20 N–H and O–H groups in total. The Morgan fingerprint density at radius 1 is 0.414 bits per heavy atom. The molecule has 0 radical (unpaired) electrons. The molecule has 3 heterocycles. The van der Waals surface area contributed by atoms with Crippen molar-refractivity contribution in [1.29, 1.82) is 0 Å². The molecule has 1 aliphatic heterocycles. The van der Waals surface area contributed by atoms with Gasteiger partial charge < -0.3 is 119 Å². The van der Waals surface area contributed by atoms with E-state index in [2.05, 4.69) is 58.5 Å². The van der Waals surface area contributed by atoms with Crippen molar-refractivity contribution < 1.29 is 144 Å². The monoisotopic (exact) mass is 2030 g/mol. The van der Waals surface area contributed by atoms with Crippen LogP contribution in [0.2, 0.25) is 0 Å². The summed E-state index contributed by atoms with van der Waals surface area (Å²) in [5.74, 6) is -25.0. The Hall–Kier alpha value is -15.6. The van der Waals surface area contributed by atoms with Crippen LogP contribution in [-0.4, -0.2) is 282 Å². The number of nitrogens with two attached hydrogens (primary N) is 2. The number of amides is 17. The number of carboxylic acid groups (broad SMARTS) is 3. The summed E-state index contributed by atoms with van der Waals surface area (Å²) in [6.07, 6.45) is -2.17. The van der Waals surface area contributed by atoms with E-state index >= 15 is 8.78 Å². The molecule has 0 fully saturated rings. The van der Waals surface area contributed by atoms with Crippen molar-refractivity contribution in [2.45, 2.75) is 200 Å². The first-order chi connectivity index (χ1) is 68.4. The van der Waals surface area contributed by atoms with Crippen LogP contribution in [0.15, 0.2) is 134 Å². The van der Waals surface area contributed by atoms with Gasteiger partial charge in [0.05, 0.1) is 38.1 Å². The van der Waals surface area contributed by atoms with Gasteiger partial charge in [-0.1, -0.05) is 102 Å². The number of ether oxygens (including phenoxy) is 1. The number of carbonyl (C=O) groups is 20. The fraction of sp³-hybridized carbons (Fsp3) is 0.443. The molecule has 0 bridgehead atoms. The average molecular weight is 2030 g/mol. The lowest BCUT2D eigenvalue weighted by Crippen LogP contribution is -2.58.